The average Bonchev–Trinajstić information content (AvgIpc) is 2.99. The van der Waals surface area contributed by atoms with Crippen LogP contribution in [0.25, 0.3) is 33.9 Å². The highest BCUT2D eigenvalue weighted by molar-refractivity contribution is 5.72. The molecule has 0 saturated heterocycles. The molecule has 1 aromatic heterocycles. The molecule has 0 radical (unpaired) electrons. The Kier molecular flexibility index (Phi) is 6.40. The van der Waals surface area contributed by atoms with E-state index in [9.17, 15) is 0 Å². The molecule has 0 atom stereocenters. The van der Waals surface area contributed by atoms with E-state index in [0.717, 1.165) is 33.9 Å². The maximum atomic E-state index is 5.02. The first-order valence-corrected chi connectivity index (χ1v) is 13.4. The van der Waals surface area contributed by atoms with Crippen LogP contribution < -0.4 is 0 Å². The predicted molar refractivity (Wildman–Crippen MR) is 153 cm³/mol. The summed E-state index contributed by atoms with van der Waals surface area (Å²) in [5.74, 6) is 0.754. The van der Waals surface area contributed by atoms with Gasteiger partial charge in [0.1, 0.15) is 0 Å². The van der Waals surface area contributed by atoms with Gasteiger partial charge in [0.25, 0.3) is 0 Å². The smallest absolute Gasteiger partial charge is 0.160 e. The minimum Gasteiger partial charge on any atom is -0.228 e. The van der Waals surface area contributed by atoms with Crippen molar-refractivity contribution in [2.45, 2.75) is 44.4 Å². The molecule has 1 heterocycles. The van der Waals surface area contributed by atoms with Gasteiger partial charge in [0, 0.05) is 22.1 Å². The molecule has 0 amide bonds. The Hall–Kier alpha value is -4.04. The first-order chi connectivity index (χ1) is 18.2. The number of benzene rings is 4. The summed E-state index contributed by atoms with van der Waals surface area (Å²) in [7, 11) is 0. The quantitative estimate of drug-likeness (QED) is 0.251. The average molecular weight is 481 g/mol. The Balaban J connectivity index is 1.42. The van der Waals surface area contributed by atoms with Gasteiger partial charge < -0.3 is 0 Å². The largest absolute Gasteiger partial charge is 0.228 e. The van der Waals surface area contributed by atoms with Crippen LogP contribution in [0.15, 0.2) is 115 Å². The van der Waals surface area contributed by atoms with Crippen molar-refractivity contribution < 1.29 is 0 Å². The van der Waals surface area contributed by atoms with E-state index in [0.29, 0.717) is 0 Å². The standard InChI is InChI=1S/C35H32N2/c1-26-15-19-30(20-16-26)35(23-9-4-10-24-35)31-21-17-28(18-22-31)33-25-32(27-11-5-2-6-12-27)36-34(37-33)29-13-7-3-8-14-29/h2-3,5-8,11-22,25H,4,9-10,23-24H2,1H3. The Bertz CT molecular complexity index is 1410. The van der Waals surface area contributed by atoms with E-state index < -0.39 is 0 Å². The maximum absolute atomic E-state index is 5.02. The third kappa shape index (κ3) is 4.72. The van der Waals surface area contributed by atoms with Crippen molar-refractivity contribution in [1.29, 1.82) is 0 Å². The molecule has 0 N–H and O–H groups in total. The molecule has 1 aliphatic carbocycles. The van der Waals surface area contributed by atoms with Crippen LogP contribution >= 0.6 is 0 Å². The molecule has 4 aromatic carbocycles. The fraction of sp³-hybridized carbons (Fsp3) is 0.200. The van der Waals surface area contributed by atoms with Crippen LogP contribution in [0.3, 0.4) is 0 Å². The van der Waals surface area contributed by atoms with Crippen molar-refractivity contribution in [3.05, 3.63) is 132 Å². The zero-order valence-electron chi connectivity index (χ0n) is 21.4. The molecule has 6 rings (SSSR count). The lowest BCUT2D eigenvalue weighted by Crippen LogP contribution is -2.30. The topological polar surface area (TPSA) is 25.8 Å². The van der Waals surface area contributed by atoms with Crippen LogP contribution in [0.1, 0.15) is 48.8 Å². The minimum absolute atomic E-state index is 0.0978. The van der Waals surface area contributed by atoms with Crippen LogP contribution in [0.4, 0.5) is 0 Å². The lowest BCUT2D eigenvalue weighted by molar-refractivity contribution is 0.346. The first kappa shape index (κ1) is 23.4. The summed E-state index contributed by atoms with van der Waals surface area (Å²) in [6.07, 6.45) is 6.31. The van der Waals surface area contributed by atoms with E-state index >= 15 is 0 Å². The van der Waals surface area contributed by atoms with Crippen LogP contribution in [0.5, 0.6) is 0 Å². The van der Waals surface area contributed by atoms with Gasteiger partial charge in [-0.2, -0.15) is 0 Å². The van der Waals surface area contributed by atoms with Gasteiger partial charge >= 0.3 is 0 Å². The molecule has 182 valence electrons. The highest BCUT2D eigenvalue weighted by Crippen LogP contribution is 2.45. The van der Waals surface area contributed by atoms with Crippen LogP contribution in [0, 0.1) is 6.92 Å². The summed E-state index contributed by atoms with van der Waals surface area (Å²) >= 11 is 0. The fourth-order valence-corrected chi connectivity index (χ4v) is 5.80. The summed E-state index contributed by atoms with van der Waals surface area (Å²) in [5, 5.41) is 0. The molecule has 1 saturated carbocycles. The van der Waals surface area contributed by atoms with Crippen molar-refractivity contribution in [2.75, 3.05) is 0 Å². The van der Waals surface area contributed by atoms with Crippen molar-refractivity contribution in [1.82, 2.24) is 9.97 Å². The van der Waals surface area contributed by atoms with E-state index in [4.69, 9.17) is 9.97 Å². The number of hydrogen-bond donors (Lipinski definition) is 0. The maximum Gasteiger partial charge on any atom is 0.160 e. The summed E-state index contributed by atoms with van der Waals surface area (Å²) in [5.41, 5.74) is 9.42. The monoisotopic (exact) mass is 480 g/mol. The number of hydrogen-bond acceptors (Lipinski definition) is 2. The molecule has 0 spiro atoms. The number of aromatic nitrogens is 2. The lowest BCUT2D eigenvalue weighted by atomic mass is 9.65. The summed E-state index contributed by atoms with van der Waals surface area (Å²) in [6.45, 7) is 2.17. The predicted octanol–water partition coefficient (Wildman–Crippen LogP) is 9.04. The molecule has 0 bridgehead atoms. The summed E-state index contributed by atoms with van der Waals surface area (Å²) in [6, 6.07) is 41.2. The number of aryl methyl sites for hydroxylation is 1. The van der Waals surface area contributed by atoms with Crippen molar-refractivity contribution in [2.24, 2.45) is 0 Å². The second-order valence-corrected chi connectivity index (χ2v) is 10.3. The minimum atomic E-state index is 0.0978. The fourth-order valence-electron chi connectivity index (χ4n) is 5.80. The van der Waals surface area contributed by atoms with Crippen LogP contribution in [0.2, 0.25) is 0 Å². The van der Waals surface area contributed by atoms with E-state index in [-0.39, 0.29) is 5.41 Å². The Morgan fingerprint density at radius 1 is 0.514 bits per heavy atom. The second-order valence-electron chi connectivity index (χ2n) is 10.3. The van der Waals surface area contributed by atoms with Crippen LogP contribution in [-0.2, 0) is 5.41 Å². The third-order valence-electron chi connectivity index (χ3n) is 7.87. The zero-order valence-corrected chi connectivity index (χ0v) is 21.4. The molecule has 0 aliphatic heterocycles. The van der Waals surface area contributed by atoms with Gasteiger partial charge in [-0.05, 0) is 37.0 Å². The molecule has 37 heavy (non-hydrogen) atoms. The molecule has 0 unspecified atom stereocenters. The summed E-state index contributed by atoms with van der Waals surface area (Å²) < 4.78 is 0. The van der Waals surface area contributed by atoms with Crippen molar-refractivity contribution >= 4 is 0 Å². The molecule has 1 fully saturated rings. The number of nitrogens with zero attached hydrogens (tertiary/aromatic N) is 2. The Morgan fingerprint density at radius 2 is 1.00 bits per heavy atom. The van der Waals surface area contributed by atoms with Crippen LogP contribution in [-0.4, -0.2) is 9.97 Å². The third-order valence-corrected chi connectivity index (χ3v) is 7.87. The second kappa shape index (κ2) is 10.1. The van der Waals surface area contributed by atoms with E-state index in [1.165, 1.54) is 48.8 Å². The highest BCUT2D eigenvalue weighted by atomic mass is 14.9. The van der Waals surface area contributed by atoms with Crippen molar-refractivity contribution in [3.8, 4) is 33.9 Å². The Morgan fingerprint density at radius 3 is 1.57 bits per heavy atom. The van der Waals surface area contributed by atoms with Gasteiger partial charge in [-0.3, -0.25) is 0 Å². The number of rotatable bonds is 5. The molecule has 2 heteroatoms. The van der Waals surface area contributed by atoms with Gasteiger partial charge in [-0.15, -0.1) is 0 Å². The van der Waals surface area contributed by atoms with Gasteiger partial charge in [-0.25, -0.2) is 9.97 Å². The van der Waals surface area contributed by atoms with E-state index in [1.807, 2.05) is 24.3 Å². The highest BCUT2D eigenvalue weighted by Gasteiger charge is 2.35. The van der Waals surface area contributed by atoms with Gasteiger partial charge in [-0.1, -0.05) is 134 Å². The van der Waals surface area contributed by atoms with E-state index in [1.54, 1.807) is 0 Å². The first-order valence-electron chi connectivity index (χ1n) is 13.4. The van der Waals surface area contributed by atoms with Gasteiger partial charge in [0.05, 0.1) is 11.4 Å². The molecule has 2 nitrogen and oxygen atoms in total. The summed E-state index contributed by atoms with van der Waals surface area (Å²) in [4.78, 5) is 9.95. The normalized spacial score (nSPS) is 14.8. The lowest BCUT2D eigenvalue weighted by Gasteiger charge is -2.39. The van der Waals surface area contributed by atoms with E-state index in [2.05, 4.69) is 97.9 Å². The molecule has 5 aromatic rings. The Labute approximate surface area is 220 Å². The zero-order chi connectivity index (χ0) is 25.1. The van der Waals surface area contributed by atoms with Gasteiger partial charge in [0.15, 0.2) is 5.82 Å². The molecular formula is C35H32N2. The van der Waals surface area contributed by atoms with Gasteiger partial charge in [0.2, 0.25) is 0 Å². The van der Waals surface area contributed by atoms with Crippen molar-refractivity contribution in [3.63, 3.8) is 0 Å². The molecular weight excluding hydrogens is 448 g/mol. The molecule has 1 aliphatic rings. The SMILES string of the molecule is Cc1ccc(C2(c3ccc(-c4cc(-c5ccccc5)nc(-c5ccccc5)n4)cc3)CCCCC2)cc1.